The SMILES string of the molecule is CC(=O)SC1CC2C3CC(OC4CC5CC4C4CC(SC(C)=O)CC54)C(C3)C2C1. The summed E-state index contributed by atoms with van der Waals surface area (Å²) in [7, 11) is 0. The summed E-state index contributed by atoms with van der Waals surface area (Å²) in [6.07, 6.45) is 11.4. The number of ether oxygens (including phenoxy) is 1. The highest BCUT2D eigenvalue weighted by Crippen LogP contribution is 2.64. The number of hydrogen-bond donors (Lipinski definition) is 0. The van der Waals surface area contributed by atoms with Gasteiger partial charge < -0.3 is 4.74 Å². The summed E-state index contributed by atoms with van der Waals surface area (Å²) in [4.78, 5) is 23.1. The number of rotatable bonds is 4. The molecule has 0 aromatic heterocycles. The van der Waals surface area contributed by atoms with Crippen LogP contribution in [0.1, 0.15) is 65.2 Å². The predicted molar refractivity (Wildman–Crippen MR) is 118 cm³/mol. The van der Waals surface area contributed by atoms with Crippen molar-refractivity contribution in [3.05, 3.63) is 0 Å². The van der Waals surface area contributed by atoms with Gasteiger partial charge in [0.2, 0.25) is 0 Å². The van der Waals surface area contributed by atoms with Crippen LogP contribution in [0.5, 0.6) is 0 Å². The summed E-state index contributed by atoms with van der Waals surface area (Å²) in [5.74, 6) is 6.66. The Labute approximate surface area is 183 Å². The largest absolute Gasteiger partial charge is 0.374 e. The number of carbonyl (C=O) groups is 2. The van der Waals surface area contributed by atoms with Gasteiger partial charge in [0.15, 0.2) is 10.2 Å². The van der Waals surface area contributed by atoms with Crippen LogP contribution in [0.2, 0.25) is 0 Å². The summed E-state index contributed by atoms with van der Waals surface area (Å²) in [6, 6.07) is 0. The molecule has 0 saturated heterocycles. The fraction of sp³-hybridized carbons (Fsp3) is 0.917. The first-order valence-electron chi connectivity index (χ1n) is 12.0. The molecule has 0 amide bonds. The third kappa shape index (κ3) is 3.28. The second-order valence-electron chi connectivity index (χ2n) is 11.1. The van der Waals surface area contributed by atoms with Crippen molar-refractivity contribution in [1.82, 2.24) is 0 Å². The van der Waals surface area contributed by atoms with E-state index in [1.165, 1.54) is 51.4 Å². The van der Waals surface area contributed by atoms with E-state index in [-0.39, 0.29) is 0 Å². The van der Waals surface area contributed by atoms with Crippen molar-refractivity contribution in [3.63, 3.8) is 0 Å². The van der Waals surface area contributed by atoms with E-state index in [1.807, 2.05) is 0 Å². The van der Waals surface area contributed by atoms with Gasteiger partial charge in [-0.1, -0.05) is 23.5 Å². The maximum atomic E-state index is 11.6. The number of carbonyl (C=O) groups excluding carboxylic acids is 2. The first kappa shape index (κ1) is 19.7. The van der Waals surface area contributed by atoms with Crippen molar-refractivity contribution in [1.29, 1.82) is 0 Å². The summed E-state index contributed by atoms with van der Waals surface area (Å²) in [5.41, 5.74) is 0. The molecule has 0 aliphatic heterocycles. The second-order valence-corrected chi connectivity index (χ2v) is 14.0. The number of thioether (sulfide) groups is 2. The third-order valence-corrected chi connectivity index (χ3v) is 11.8. The average molecular weight is 435 g/mol. The minimum Gasteiger partial charge on any atom is -0.374 e. The van der Waals surface area contributed by atoms with Crippen LogP contribution < -0.4 is 0 Å². The van der Waals surface area contributed by atoms with Crippen molar-refractivity contribution in [2.24, 2.45) is 47.3 Å². The second kappa shape index (κ2) is 7.27. The molecular formula is C24H34O3S2. The zero-order valence-corrected chi connectivity index (χ0v) is 19.3. The Hall–Kier alpha value is -0.0000000000000000555. The van der Waals surface area contributed by atoms with Crippen LogP contribution in [0.4, 0.5) is 0 Å². The lowest BCUT2D eigenvalue weighted by Crippen LogP contribution is -2.38. The van der Waals surface area contributed by atoms with Crippen LogP contribution in [-0.4, -0.2) is 32.9 Å². The topological polar surface area (TPSA) is 43.4 Å². The maximum Gasteiger partial charge on any atom is 0.186 e. The highest BCUT2D eigenvalue weighted by molar-refractivity contribution is 8.14. The Balaban J connectivity index is 1.08. The molecule has 12 unspecified atom stereocenters. The Morgan fingerprint density at radius 2 is 1.00 bits per heavy atom. The van der Waals surface area contributed by atoms with Gasteiger partial charge in [-0.25, -0.2) is 0 Å². The Kier molecular flexibility index (Phi) is 4.93. The smallest absolute Gasteiger partial charge is 0.186 e. The fourth-order valence-corrected chi connectivity index (χ4v) is 11.3. The molecule has 5 heteroatoms. The molecule has 6 rings (SSSR count). The average Bonchev–Trinajstić information content (AvgIpc) is 3.39. The van der Waals surface area contributed by atoms with Crippen LogP contribution in [0.25, 0.3) is 0 Å². The Morgan fingerprint density at radius 3 is 1.41 bits per heavy atom. The highest BCUT2D eigenvalue weighted by atomic mass is 32.2. The standard InChI is InChI=1S/C24H34O3S2/c1-11(25)28-15-7-17-13-3-21(19(17)9-15)23(5-13)27-24-6-14-4-22(24)20-10-16(8-18(14)20)29-12(2)26/h13-24H,3-10H2,1-2H3. The summed E-state index contributed by atoms with van der Waals surface area (Å²) >= 11 is 3.21. The normalized spacial score (nSPS) is 54.1. The van der Waals surface area contributed by atoms with E-state index in [1.54, 1.807) is 37.4 Å². The molecule has 4 bridgehead atoms. The first-order valence-corrected chi connectivity index (χ1v) is 13.7. The molecule has 160 valence electrons. The van der Waals surface area contributed by atoms with Crippen molar-refractivity contribution in [2.75, 3.05) is 0 Å². The van der Waals surface area contributed by atoms with Gasteiger partial charge in [-0.15, -0.1) is 0 Å². The van der Waals surface area contributed by atoms with E-state index in [2.05, 4.69) is 0 Å². The molecule has 0 aromatic carbocycles. The molecule has 3 nitrogen and oxygen atoms in total. The van der Waals surface area contributed by atoms with Gasteiger partial charge in [-0.2, -0.15) is 0 Å². The van der Waals surface area contributed by atoms with Crippen LogP contribution in [0.3, 0.4) is 0 Å². The fourth-order valence-electron chi connectivity index (χ4n) is 9.12. The predicted octanol–water partition coefficient (Wildman–Crippen LogP) is 5.17. The monoisotopic (exact) mass is 434 g/mol. The molecule has 6 saturated carbocycles. The molecule has 0 aromatic rings. The third-order valence-electron chi connectivity index (χ3n) is 9.74. The minimum atomic E-state index is 0.296. The Morgan fingerprint density at radius 1 is 0.586 bits per heavy atom. The van der Waals surface area contributed by atoms with Crippen LogP contribution in [0, 0.1) is 47.3 Å². The van der Waals surface area contributed by atoms with E-state index >= 15 is 0 Å². The van der Waals surface area contributed by atoms with Crippen molar-refractivity contribution in [3.8, 4) is 0 Å². The lowest BCUT2D eigenvalue weighted by Gasteiger charge is -2.37. The molecule has 0 radical (unpaired) electrons. The quantitative estimate of drug-likeness (QED) is 0.611. The number of fused-ring (bicyclic) bond motifs is 10. The van der Waals surface area contributed by atoms with Crippen LogP contribution in [-0.2, 0) is 14.3 Å². The summed E-state index contributed by atoms with van der Waals surface area (Å²) in [6.45, 7) is 3.45. The van der Waals surface area contributed by atoms with Crippen molar-refractivity contribution in [2.45, 2.75) is 87.9 Å². The van der Waals surface area contributed by atoms with E-state index < -0.39 is 0 Å². The number of hydrogen-bond acceptors (Lipinski definition) is 5. The van der Waals surface area contributed by atoms with Gasteiger partial charge in [-0.05, 0) is 98.7 Å². The molecule has 0 heterocycles. The van der Waals surface area contributed by atoms with Crippen molar-refractivity contribution < 1.29 is 14.3 Å². The lowest BCUT2D eigenvalue weighted by atomic mass is 9.78. The molecule has 0 N–H and O–H groups in total. The zero-order valence-electron chi connectivity index (χ0n) is 17.6. The molecule has 6 fully saturated rings. The van der Waals surface area contributed by atoms with Crippen LogP contribution >= 0.6 is 23.5 Å². The van der Waals surface area contributed by atoms with Gasteiger partial charge in [0.05, 0.1) is 12.2 Å². The Bertz CT molecular complexity index is 652. The van der Waals surface area contributed by atoms with E-state index in [9.17, 15) is 9.59 Å². The molecule has 6 aliphatic carbocycles. The molecule has 29 heavy (non-hydrogen) atoms. The lowest BCUT2D eigenvalue weighted by molar-refractivity contribution is -0.110. The van der Waals surface area contributed by atoms with E-state index in [4.69, 9.17) is 4.74 Å². The molecule has 6 aliphatic rings. The summed E-state index contributed by atoms with van der Waals surface area (Å²) < 4.78 is 6.94. The minimum absolute atomic E-state index is 0.296. The van der Waals surface area contributed by atoms with Gasteiger partial charge in [0, 0.05) is 24.3 Å². The highest BCUT2D eigenvalue weighted by Gasteiger charge is 2.60. The van der Waals surface area contributed by atoms with Gasteiger partial charge >= 0.3 is 0 Å². The van der Waals surface area contributed by atoms with Crippen molar-refractivity contribution >= 4 is 33.8 Å². The zero-order chi connectivity index (χ0) is 19.9. The molecule has 0 spiro atoms. The maximum absolute atomic E-state index is 11.6. The van der Waals surface area contributed by atoms with Crippen LogP contribution in [0.15, 0.2) is 0 Å². The van der Waals surface area contributed by atoms with Gasteiger partial charge in [0.1, 0.15) is 0 Å². The van der Waals surface area contributed by atoms with Gasteiger partial charge in [0.25, 0.3) is 0 Å². The van der Waals surface area contributed by atoms with E-state index in [0.717, 1.165) is 47.3 Å². The first-order chi connectivity index (χ1) is 14.0. The summed E-state index contributed by atoms with van der Waals surface area (Å²) in [5, 5.41) is 1.74. The van der Waals surface area contributed by atoms with E-state index in [0.29, 0.717) is 32.9 Å². The molecule has 12 atom stereocenters. The van der Waals surface area contributed by atoms with Gasteiger partial charge in [-0.3, -0.25) is 9.59 Å². The molecular weight excluding hydrogens is 400 g/mol.